The van der Waals surface area contributed by atoms with Crippen LogP contribution >= 0.6 is 11.3 Å². The van der Waals surface area contributed by atoms with Gasteiger partial charge in [0.2, 0.25) is 0 Å². The minimum Gasteiger partial charge on any atom is -0.340 e. The second kappa shape index (κ2) is 7.39. The second-order valence-corrected chi connectivity index (χ2v) is 8.37. The molecule has 0 radical (unpaired) electrons. The Morgan fingerprint density at radius 2 is 1.67 bits per heavy atom. The number of rotatable bonds is 4. The van der Waals surface area contributed by atoms with E-state index < -0.39 is 0 Å². The average Bonchev–Trinajstić information content (AvgIpc) is 3.33. The number of hydrogen-bond donors (Lipinski definition) is 1. The van der Waals surface area contributed by atoms with Gasteiger partial charge in [-0.25, -0.2) is 14.6 Å². The molecule has 148 valence electrons. The highest BCUT2D eigenvalue weighted by molar-refractivity contribution is 7.09. The van der Waals surface area contributed by atoms with Gasteiger partial charge in [0.25, 0.3) is 0 Å². The predicted molar refractivity (Wildman–Crippen MR) is 124 cm³/mol. The first-order valence-corrected chi connectivity index (χ1v) is 10.7. The van der Waals surface area contributed by atoms with Crippen LogP contribution in [0.5, 0.6) is 0 Å². The molecule has 0 bridgehead atoms. The number of benzene rings is 2. The van der Waals surface area contributed by atoms with Crippen molar-refractivity contribution in [3.8, 4) is 16.9 Å². The number of para-hydroxylation sites is 1. The number of hydrogen-bond acceptors (Lipinski definition) is 5. The zero-order valence-electron chi connectivity index (χ0n) is 17.0. The lowest BCUT2D eigenvalue weighted by atomic mass is 10.1. The molecule has 3 heterocycles. The van der Waals surface area contributed by atoms with Crippen LogP contribution in [0, 0.1) is 20.8 Å². The van der Waals surface area contributed by atoms with Gasteiger partial charge in [-0.2, -0.15) is 5.10 Å². The van der Waals surface area contributed by atoms with Crippen LogP contribution < -0.4 is 5.32 Å². The third-order valence-corrected chi connectivity index (χ3v) is 5.86. The van der Waals surface area contributed by atoms with Crippen molar-refractivity contribution < 1.29 is 0 Å². The summed E-state index contributed by atoms with van der Waals surface area (Å²) < 4.78 is 1.91. The lowest BCUT2D eigenvalue weighted by Crippen LogP contribution is -2.00. The van der Waals surface area contributed by atoms with E-state index in [-0.39, 0.29) is 0 Å². The Morgan fingerprint density at radius 3 is 2.37 bits per heavy atom. The van der Waals surface area contributed by atoms with Crippen LogP contribution in [0.2, 0.25) is 0 Å². The number of aromatic nitrogens is 4. The first-order valence-electron chi connectivity index (χ1n) is 9.80. The van der Waals surface area contributed by atoms with E-state index in [2.05, 4.69) is 52.9 Å². The number of anilines is 2. The van der Waals surface area contributed by atoms with Crippen molar-refractivity contribution in [2.45, 2.75) is 20.8 Å². The molecule has 1 N–H and O–H groups in total. The predicted octanol–water partition coefficient (Wildman–Crippen LogP) is 6.21. The lowest BCUT2D eigenvalue weighted by molar-refractivity contribution is 0.878. The molecular weight excluding hydrogens is 390 g/mol. The molecule has 5 rings (SSSR count). The lowest BCUT2D eigenvalue weighted by Gasteiger charge is -2.09. The first kappa shape index (κ1) is 18.5. The summed E-state index contributed by atoms with van der Waals surface area (Å²) in [6.07, 6.45) is 0. The minimum atomic E-state index is 0.800. The topological polar surface area (TPSA) is 55.6 Å². The smallest absolute Gasteiger partial charge is 0.165 e. The van der Waals surface area contributed by atoms with Gasteiger partial charge in [-0.1, -0.05) is 30.3 Å². The van der Waals surface area contributed by atoms with Crippen LogP contribution in [-0.4, -0.2) is 19.7 Å². The largest absolute Gasteiger partial charge is 0.340 e. The maximum absolute atomic E-state index is 4.89. The Balaban J connectivity index is 1.50. The molecule has 0 aliphatic carbocycles. The number of nitrogens with one attached hydrogen (secondary N) is 1. The van der Waals surface area contributed by atoms with Gasteiger partial charge in [0.15, 0.2) is 5.65 Å². The van der Waals surface area contributed by atoms with Gasteiger partial charge in [0, 0.05) is 22.0 Å². The van der Waals surface area contributed by atoms with Crippen LogP contribution in [0.3, 0.4) is 0 Å². The van der Waals surface area contributed by atoms with Crippen LogP contribution in [-0.2, 0) is 0 Å². The second-order valence-electron chi connectivity index (χ2n) is 7.31. The molecule has 0 atom stereocenters. The maximum atomic E-state index is 4.89. The highest BCUT2D eigenvalue weighted by atomic mass is 32.1. The first-order chi connectivity index (χ1) is 14.6. The Hall–Kier alpha value is -3.51. The van der Waals surface area contributed by atoms with Gasteiger partial charge in [-0.05, 0) is 56.7 Å². The SMILES string of the molecule is Cc1nc(-c2ccc(Nc3cc(C)c4c(C)nn(-c5ccccc5)c4n3)cc2)cs1. The summed E-state index contributed by atoms with van der Waals surface area (Å²) in [6.45, 7) is 6.16. The highest BCUT2D eigenvalue weighted by Gasteiger charge is 2.14. The van der Waals surface area contributed by atoms with Gasteiger partial charge < -0.3 is 5.32 Å². The van der Waals surface area contributed by atoms with Gasteiger partial charge in [0.1, 0.15) is 5.82 Å². The Labute approximate surface area is 179 Å². The van der Waals surface area contributed by atoms with Crippen molar-refractivity contribution in [3.05, 3.63) is 82.3 Å². The molecule has 0 aliphatic rings. The standard InChI is InChI=1S/C24H21N5S/c1-15-13-22(26-19-11-9-18(10-12-19)21-14-30-17(3)25-21)27-24-23(15)16(2)28-29(24)20-7-5-4-6-8-20/h4-14H,1-3H3,(H,26,27). The van der Waals surface area contributed by atoms with E-state index in [0.29, 0.717) is 0 Å². The molecule has 0 saturated carbocycles. The van der Waals surface area contributed by atoms with E-state index in [1.54, 1.807) is 11.3 Å². The minimum absolute atomic E-state index is 0.800. The van der Waals surface area contributed by atoms with E-state index in [0.717, 1.165) is 55.7 Å². The highest BCUT2D eigenvalue weighted by Crippen LogP contribution is 2.28. The third-order valence-electron chi connectivity index (χ3n) is 5.08. The van der Waals surface area contributed by atoms with Gasteiger partial charge in [-0.3, -0.25) is 0 Å². The van der Waals surface area contributed by atoms with Gasteiger partial charge >= 0.3 is 0 Å². The molecule has 0 spiro atoms. The third kappa shape index (κ3) is 3.35. The Kier molecular flexibility index (Phi) is 4.56. The number of pyridine rings is 1. The molecule has 0 saturated heterocycles. The number of thiazole rings is 1. The number of fused-ring (bicyclic) bond motifs is 1. The zero-order valence-corrected chi connectivity index (χ0v) is 17.9. The Bertz CT molecular complexity index is 1330. The molecule has 30 heavy (non-hydrogen) atoms. The molecule has 0 amide bonds. The summed E-state index contributed by atoms with van der Waals surface area (Å²) in [5.74, 6) is 0.800. The van der Waals surface area contributed by atoms with E-state index in [4.69, 9.17) is 10.1 Å². The van der Waals surface area contributed by atoms with E-state index in [9.17, 15) is 0 Å². The zero-order chi connectivity index (χ0) is 20.7. The van der Waals surface area contributed by atoms with Crippen molar-refractivity contribution in [1.82, 2.24) is 19.7 Å². The molecule has 6 heteroatoms. The number of nitrogens with zero attached hydrogens (tertiary/aromatic N) is 4. The number of aryl methyl sites for hydroxylation is 3. The molecule has 0 fully saturated rings. The van der Waals surface area contributed by atoms with Crippen LogP contribution in [0.1, 0.15) is 16.3 Å². The average molecular weight is 412 g/mol. The molecule has 3 aromatic heterocycles. The maximum Gasteiger partial charge on any atom is 0.165 e. The summed E-state index contributed by atoms with van der Waals surface area (Å²) in [7, 11) is 0. The van der Waals surface area contributed by atoms with Crippen molar-refractivity contribution in [1.29, 1.82) is 0 Å². The fraction of sp³-hybridized carbons (Fsp3) is 0.125. The van der Waals surface area contributed by atoms with Crippen LogP contribution in [0.15, 0.2) is 66.0 Å². The normalized spacial score (nSPS) is 11.2. The molecule has 0 unspecified atom stereocenters. The van der Waals surface area contributed by atoms with Crippen LogP contribution in [0.4, 0.5) is 11.5 Å². The monoisotopic (exact) mass is 411 g/mol. The quantitative estimate of drug-likeness (QED) is 0.382. The van der Waals surface area contributed by atoms with Gasteiger partial charge in [-0.15, -0.1) is 11.3 Å². The molecule has 5 nitrogen and oxygen atoms in total. The molecule has 0 aliphatic heterocycles. The van der Waals surface area contributed by atoms with Crippen molar-refractivity contribution in [2.24, 2.45) is 0 Å². The summed E-state index contributed by atoms with van der Waals surface area (Å²) in [4.78, 5) is 9.45. The van der Waals surface area contributed by atoms with Crippen molar-refractivity contribution >= 4 is 33.9 Å². The molecule has 5 aromatic rings. The molecular formula is C24H21N5S. The van der Waals surface area contributed by atoms with Gasteiger partial charge in [0.05, 0.1) is 22.1 Å². The summed E-state index contributed by atoms with van der Waals surface area (Å²) >= 11 is 1.67. The summed E-state index contributed by atoms with van der Waals surface area (Å²) in [5, 5.41) is 12.4. The van der Waals surface area contributed by atoms with Crippen molar-refractivity contribution in [3.63, 3.8) is 0 Å². The van der Waals surface area contributed by atoms with Crippen LogP contribution in [0.25, 0.3) is 28.0 Å². The summed E-state index contributed by atoms with van der Waals surface area (Å²) in [5.41, 5.74) is 7.10. The van der Waals surface area contributed by atoms with E-state index in [1.165, 1.54) is 0 Å². The Morgan fingerprint density at radius 1 is 0.900 bits per heavy atom. The fourth-order valence-electron chi connectivity index (χ4n) is 3.69. The van der Waals surface area contributed by atoms with E-state index >= 15 is 0 Å². The molecule has 2 aromatic carbocycles. The van der Waals surface area contributed by atoms with E-state index in [1.807, 2.05) is 48.9 Å². The fourth-order valence-corrected chi connectivity index (χ4v) is 4.31. The summed E-state index contributed by atoms with van der Waals surface area (Å²) in [6, 6.07) is 20.5. The van der Waals surface area contributed by atoms with Crippen molar-refractivity contribution in [2.75, 3.05) is 5.32 Å².